The summed E-state index contributed by atoms with van der Waals surface area (Å²) in [5.41, 5.74) is 1.07. The van der Waals surface area contributed by atoms with E-state index in [9.17, 15) is 0 Å². The standard InChI is InChI=1S/C12H15N3O/c1-10(2)15-9-14-6-11(15)8-16-12-4-3-5-13-7-12/h3-7,9-10H,8H2,1-2H3. The lowest BCUT2D eigenvalue weighted by Crippen LogP contribution is -2.07. The highest BCUT2D eigenvalue weighted by atomic mass is 16.5. The van der Waals surface area contributed by atoms with Gasteiger partial charge in [-0.1, -0.05) is 0 Å². The molecule has 0 unspecified atom stereocenters. The predicted octanol–water partition coefficient (Wildman–Crippen LogP) is 2.44. The fourth-order valence-corrected chi connectivity index (χ4v) is 1.50. The minimum absolute atomic E-state index is 0.398. The molecule has 16 heavy (non-hydrogen) atoms. The van der Waals surface area contributed by atoms with Crippen LogP contribution in [0, 0.1) is 0 Å². The molecule has 2 aromatic heterocycles. The van der Waals surface area contributed by atoms with E-state index in [0.717, 1.165) is 11.4 Å². The molecule has 2 aromatic rings. The lowest BCUT2D eigenvalue weighted by molar-refractivity contribution is 0.291. The van der Waals surface area contributed by atoms with Crippen LogP contribution >= 0.6 is 0 Å². The Hall–Kier alpha value is -1.84. The third-order valence-corrected chi connectivity index (χ3v) is 2.32. The Morgan fingerprint density at radius 1 is 1.31 bits per heavy atom. The molecule has 0 aliphatic carbocycles. The molecular formula is C12H15N3O. The summed E-state index contributed by atoms with van der Waals surface area (Å²) >= 11 is 0. The number of imidazole rings is 1. The number of rotatable bonds is 4. The zero-order valence-electron chi connectivity index (χ0n) is 9.50. The second kappa shape index (κ2) is 4.79. The van der Waals surface area contributed by atoms with Gasteiger partial charge in [0.2, 0.25) is 0 Å². The molecule has 84 valence electrons. The average molecular weight is 217 g/mol. The highest BCUT2D eigenvalue weighted by molar-refractivity contribution is 5.16. The van der Waals surface area contributed by atoms with Crippen molar-refractivity contribution in [3.8, 4) is 5.75 Å². The van der Waals surface area contributed by atoms with Gasteiger partial charge in [0.05, 0.1) is 24.4 Å². The van der Waals surface area contributed by atoms with Crippen LogP contribution in [0.3, 0.4) is 0 Å². The first-order chi connectivity index (χ1) is 7.77. The molecule has 0 saturated carbocycles. The van der Waals surface area contributed by atoms with Crippen LogP contribution in [0.25, 0.3) is 0 Å². The first kappa shape index (κ1) is 10.7. The minimum Gasteiger partial charge on any atom is -0.486 e. The number of hydrogen-bond acceptors (Lipinski definition) is 3. The fourth-order valence-electron chi connectivity index (χ4n) is 1.50. The smallest absolute Gasteiger partial charge is 0.138 e. The summed E-state index contributed by atoms with van der Waals surface area (Å²) in [6.45, 7) is 4.76. The summed E-state index contributed by atoms with van der Waals surface area (Å²) in [5, 5.41) is 0. The normalized spacial score (nSPS) is 10.7. The van der Waals surface area contributed by atoms with Gasteiger partial charge in [-0.3, -0.25) is 4.98 Å². The molecule has 2 rings (SSSR count). The van der Waals surface area contributed by atoms with Crippen molar-refractivity contribution < 1.29 is 4.74 Å². The van der Waals surface area contributed by atoms with Crippen LogP contribution in [-0.4, -0.2) is 14.5 Å². The highest BCUT2D eigenvalue weighted by Gasteiger charge is 2.05. The summed E-state index contributed by atoms with van der Waals surface area (Å²) in [5.74, 6) is 0.777. The van der Waals surface area contributed by atoms with Crippen LogP contribution in [0.2, 0.25) is 0 Å². The van der Waals surface area contributed by atoms with Gasteiger partial charge in [-0.05, 0) is 26.0 Å². The van der Waals surface area contributed by atoms with Crippen LogP contribution in [0.4, 0.5) is 0 Å². The first-order valence-corrected chi connectivity index (χ1v) is 5.31. The summed E-state index contributed by atoms with van der Waals surface area (Å²) < 4.78 is 7.71. The van der Waals surface area contributed by atoms with Gasteiger partial charge in [0, 0.05) is 12.2 Å². The molecule has 4 heteroatoms. The van der Waals surface area contributed by atoms with Crippen molar-refractivity contribution >= 4 is 0 Å². The molecule has 0 amide bonds. The van der Waals surface area contributed by atoms with Gasteiger partial charge in [-0.2, -0.15) is 0 Å². The monoisotopic (exact) mass is 217 g/mol. The van der Waals surface area contributed by atoms with Crippen molar-refractivity contribution in [2.75, 3.05) is 0 Å². The van der Waals surface area contributed by atoms with Crippen molar-refractivity contribution in [2.24, 2.45) is 0 Å². The molecule has 2 heterocycles. The van der Waals surface area contributed by atoms with Crippen LogP contribution < -0.4 is 4.74 Å². The Kier molecular flexibility index (Phi) is 3.19. The van der Waals surface area contributed by atoms with Crippen molar-refractivity contribution in [1.82, 2.24) is 14.5 Å². The van der Waals surface area contributed by atoms with Crippen molar-refractivity contribution in [3.63, 3.8) is 0 Å². The van der Waals surface area contributed by atoms with Gasteiger partial charge in [0.25, 0.3) is 0 Å². The molecule has 0 atom stereocenters. The topological polar surface area (TPSA) is 39.9 Å². The Labute approximate surface area is 94.9 Å². The molecular weight excluding hydrogens is 202 g/mol. The number of nitrogens with zero attached hydrogens (tertiary/aromatic N) is 3. The van der Waals surface area contributed by atoms with E-state index in [0.29, 0.717) is 12.6 Å². The number of pyridine rings is 1. The maximum atomic E-state index is 5.62. The summed E-state index contributed by atoms with van der Waals surface area (Å²) in [6, 6.07) is 4.15. The molecule has 0 radical (unpaired) electrons. The van der Waals surface area contributed by atoms with Crippen molar-refractivity contribution in [1.29, 1.82) is 0 Å². The summed E-state index contributed by atoms with van der Waals surface area (Å²) in [6.07, 6.45) is 7.09. The lowest BCUT2D eigenvalue weighted by Gasteiger charge is -2.12. The van der Waals surface area contributed by atoms with Crippen LogP contribution in [0.1, 0.15) is 25.6 Å². The molecule has 0 saturated heterocycles. The van der Waals surface area contributed by atoms with Crippen LogP contribution in [-0.2, 0) is 6.61 Å². The second-order valence-electron chi connectivity index (χ2n) is 3.86. The second-order valence-corrected chi connectivity index (χ2v) is 3.86. The molecule has 0 aliphatic rings. The van der Waals surface area contributed by atoms with Gasteiger partial charge >= 0.3 is 0 Å². The van der Waals surface area contributed by atoms with Gasteiger partial charge in [0.15, 0.2) is 0 Å². The molecule has 0 spiro atoms. The largest absolute Gasteiger partial charge is 0.486 e. The van der Waals surface area contributed by atoms with E-state index in [1.165, 1.54) is 0 Å². The average Bonchev–Trinajstić information content (AvgIpc) is 2.76. The third-order valence-electron chi connectivity index (χ3n) is 2.32. The van der Waals surface area contributed by atoms with Gasteiger partial charge in [0.1, 0.15) is 12.4 Å². The number of hydrogen-bond donors (Lipinski definition) is 0. The number of ether oxygens (including phenoxy) is 1. The van der Waals surface area contributed by atoms with Crippen LogP contribution in [0.5, 0.6) is 5.75 Å². The van der Waals surface area contributed by atoms with Gasteiger partial charge < -0.3 is 9.30 Å². The lowest BCUT2D eigenvalue weighted by atomic mass is 10.3. The Morgan fingerprint density at radius 3 is 2.88 bits per heavy atom. The Balaban J connectivity index is 2.02. The van der Waals surface area contributed by atoms with E-state index in [4.69, 9.17) is 4.74 Å². The molecule has 0 N–H and O–H groups in total. The zero-order chi connectivity index (χ0) is 11.4. The summed E-state index contributed by atoms with van der Waals surface area (Å²) in [7, 11) is 0. The van der Waals surface area contributed by atoms with Gasteiger partial charge in [-0.15, -0.1) is 0 Å². The predicted molar refractivity (Wildman–Crippen MR) is 61.2 cm³/mol. The number of aromatic nitrogens is 3. The molecule has 0 aliphatic heterocycles. The van der Waals surface area contributed by atoms with E-state index in [2.05, 4.69) is 28.4 Å². The minimum atomic E-state index is 0.398. The molecule has 0 aromatic carbocycles. The Morgan fingerprint density at radius 2 is 2.19 bits per heavy atom. The van der Waals surface area contributed by atoms with Crippen LogP contribution in [0.15, 0.2) is 37.1 Å². The van der Waals surface area contributed by atoms with Gasteiger partial charge in [-0.25, -0.2) is 4.98 Å². The Bertz CT molecular complexity index is 437. The van der Waals surface area contributed by atoms with E-state index in [-0.39, 0.29) is 0 Å². The van der Waals surface area contributed by atoms with E-state index in [1.807, 2.05) is 24.7 Å². The maximum absolute atomic E-state index is 5.62. The first-order valence-electron chi connectivity index (χ1n) is 5.31. The highest BCUT2D eigenvalue weighted by Crippen LogP contribution is 2.13. The summed E-state index contributed by atoms with van der Waals surface area (Å²) in [4.78, 5) is 8.12. The maximum Gasteiger partial charge on any atom is 0.138 e. The van der Waals surface area contributed by atoms with E-state index >= 15 is 0 Å². The van der Waals surface area contributed by atoms with Crippen molar-refractivity contribution in [2.45, 2.75) is 26.5 Å². The quantitative estimate of drug-likeness (QED) is 0.789. The third kappa shape index (κ3) is 2.39. The zero-order valence-corrected chi connectivity index (χ0v) is 9.50. The SMILES string of the molecule is CC(C)n1cncc1COc1cccnc1. The molecule has 0 bridgehead atoms. The van der Waals surface area contributed by atoms with E-state index < -0.39 is 0 Å². The fraction of sp³-hybridized carbons (Fsp3) is 0.333. The molecule has 4 nitrogen and oxygen atoms in total. The molecule has 0 fully saturated rings. The van der Waals surface area contributed by atoms with Crippen molar-refractivity contribution in [3.05, 3.63) is 42.7 Å². The van der Waals surface area contributed by atoms with E-state index in [1.54, 1.807) is 12.4 Å².